The minimum absolute atomic E-state index is 0. The molecule has 1 aliphatic carbocycles. The zero-order valence-electron chi connectivity index (χ0n) is 20.6. The Bertz CT molecular complexity index is 692. The molecule has 0 aromatic heterocycles. The van der Waals surface area contributed by atoms with Crippen LogP contribution in [-0.4, -0.2) is 0 Å². The molecule has 5 rings (SSSR count). The second kappa shape index (κ2) is 40.0. The van der Waals surface area contributed by atoms with Gasteiger partial charge >= 0.3 is 0 Å². The maximum atomic E-state index is 3.25. The van der Waals surface area contributed by atoms with E-state index in [4.69, 9.17) is 0 Å². The van der Waals surface area contributed by atoms with Crippen molar-refractivity contribution in [3.05, 3.63) is 121 Å². The summed E-state index contributed by atoms with van der Waals surface area (Å²) in [7, 11) is 0. The summed E-state index contributed by atoms with van der Waals surface area (Å²) in [5, 5.41) is 0. The van der Waals surface area contributed by atoms with Gasteiger partial charge in [0.2, 0.25) is 0 Å². The zero-order chi connectivity index (χ0) is 24.0. The Balaban J connectivity index is -0.000000202. The average Bonchev–Trinajstić information content (AvgIpc) is 3.73. The van der Waals surface area contributed by atoms with E-state index in [1.165, 1.54) is 38.5 Å². The molecule has 0 amide bonds. The fourth-order valence-corrected chi connectivity index (χ4v) is 2.28. The summed E-state index contributed by atoms with van der Waals surface area (Å²) in [5.74, 6) is 13.0. The van der Waals surface area contributed by atoms with E-state index < -0.39 is 0 Å². The molecule has 0 N–H and O–H groups in total. The molecule has 4 heteroatoms. The smallest absolute Gasteiger partial charge is 0.00886 e. The summed E-state index contributed by atoms with van der Waals surface area (Å²) >= 11 is 0. The van der Waals surface area contributed by atoms with Crippen LogP contribution in [0.4, 0.5) is 0 Å². The summed E-state index contributed by atoms with van der Waals surface area (Å²) in [6, 6.07) is 48.0. The van der Waals surface area contributed by atoms with Crippen molar-refractivity contribution in [2.75, 3.05) is 0 Å². The molecule has 38 heavy (non-hydrogen) atoms. The summed E-state index contributed by atoms with van der Waals surface area (Å²) in [4.78, 5) is 0. The number of hydrogen-bond acceptors (Lipinski definition) is 0. The van der Waals surface area contributed by atoms with Crippen molar-refractivity contribution in [1.82, 2.24) is 0 Å². The molecule has 4 aromatic carbocycles. The summed E-state index contributed by atoms with van der Waals surface area (Å²) in [6.45, 7) is 0. The SMILES string of the molecule is C1#CCCCCCC#CCCCCC1.[Ni].[Ni].[Ni].[Ni].[c-]1[c-][c-][cH-][c-]1.[c-]1[c-][c-][cH-][c-]1.[c-]1[c-][c-][cH-][c-]1.[c-]1[c-][c-][cH-][c-]1. The van der Waals surface area contributed by atoms with Crippen molar-refractivity contribution in [3.8, 4) is 23.7 Å². The minimum Gasteiger partial charge on any atom is -0.999 e. The summed E-state index contributed by atoms with van der Waals surface area (Å²) in [5.41, 5.74) is 0. The first-order valence-electron chi connectivity index (χ1n) is 11.2. The van der Waals surface area contributed by atoms with E-state index in [2.05, 4.69) is 121 Å². The van der Waals surface area contributed by atoms with Gasteiger partial charge in [-0.3, -0.25) is 0 Å². The van der Waals surface area contributed by atoms with Gasteiger partial charge in [-0.05, 0) is 25.7 Å². The van der Waals surface area contributed by atoms with Gasteiger partial charge in [0.15, 0.2) is 0 Å². The minimum atomic E-state index is 0. The van der Waals surface area contributed by atoms with Crippen molar-refractivity contribution in [2.45, 2.75) is 64.2 Å². The van der Waals surface area contributed by atoms with Gasteiger partial charge in [0, 0.05) is 91.6 Å². The Kier molecular flexibility index (Phi) is 45.8. The fourth-order valence-electron chi connectivity index (χ4n) is 2.28. The fraction of sp³-hybridized carbons (Fsp3) is 0.294. The van der Waals surface area contributed by atoms with Gasteiger partial charge in [0.25, 0.3) is 0 Å². The molecule has 0 atom stereocenters. The summed E-state index contributed by atoms with van der Waals surface area (Å²) < 4.78 is 0. The monoisotopic (exact) mass is 664 g/mol. The van der Waals surface area contributed by atoms with E-state index in [0.717, 1.165) is 25.7 Å². The molecular weight excluding hydrogens is 643 g/mol. The number of rotatable bonds is 0. The molecule has 0 fully saturated rings. The Morgan fingerprint density at radius 1 is 0.289 bits per heavy atom. The largest absolute Gasteiger partial charge is 0.999 e. The van der Waals surface area contributed by atoms with Crippen LogP contribution in [0.25, 0.3) is 0 Å². The van der Waals surface area contributed by atoms with Crippen molar-refractivity contribution in [2.24, 2.45) is 0 Å². The van der Waals surface area contributed by atoms with Gasteiger partial charge in [0.1, 0.15) is 0 Å². The van der Waals surface area contributed by atoms with Crippen LogP contribution in [0.3, 0.4) is 0 Å². The average molecular weight is 667 g/mol. The third kappa shape index (κ3) is 36.6. The molecule has 0 nitrogen and oxygen atoms in total. The van der Waals surface area contributed by atoms with Crippen LogP contribution in [0.5, 0.6) is 0 Å². The quantitative estimate of drug-likeness (QED) is 0.117. The first-order chi connectivity index (χ1) is 17.0. The van der Waals surface area contributed by atoms with E-state index in [-0.39, 0.29) is 66.0 Å². The molecule has 0 unspecified atom stereocenters. The molecule has 1 aliphatic rings. The van der Waals surface area contributed by atoms with Crippen LogP contribution in [0.15, 0.2) is 24.3 Å². The molecule has 0 spiro atoms. The van der Waals surface area contributed by atoms with E-state index in [1.807, 2.05) is 0 Å². The standard InChI is InChI=1S/C14H20.4C5H.4Ni/c1-2-4-6-8-10-12-14-13-11-9-7-5-3-1;4*1-2-4-5-3-1;;;;/h1-5,10-14H2;4*1H;;;;/q;4*-5;;;;. The van der Waals surface area contributed by atoms with Gasteiger partial charge in [-0.15, -0.1) is 23.7 Å². The van der Waals surface area contributed by atoms with Gasteiger partial charge in [-0.25, -0.2) is 0 Å². The molecular formula is C34H24Ni4-20. The third-order valence-corrected chi connectivity index (χ3v) is 3.86. The van der Waals surface area contributed by atoms with Gasteiger partial charge in [-0.2, -0.15) is 0 Å². The molecule has 0 heterocycles. The van der Waals surface area contributed by atoms with Crippen LogP contribution >= 0.6 is 0 Å². The Hall–Kier alpha value is -1.51. The number of hydrogen-bond donors (Lipinski definition) is 0. The van der Waals surface area contributed by atoms with Gasteiger partial charge in [-0.1, -0.05) is 12.8 Å². The normalized spacial score (nSPS) is 11.4. The Labute approximate surface area is 273 Å². The maximum Gasteiger partial charge on any atom is 0.00886 e. The van der Waals surface area contributed by atoms with Crippen LogP contribution in [-0.2, 0) is 66.0 Å². The van der Waals surface area contributed by atoms with Gasteiger partial charge < -0.3 is 121 Å². The van der Waals surface area contributed by atoms with Crippen molar-refractivity contribution >= 4 is 0 Å². The first-order valence-corrected chi connectivity index (χ1v) is 11.2. The van der Waals surface area contributed by atoms with Crippen LogP contribution < -0.4 is 0 Å². The second-order valence-electron chi connectivity index (χ2n) is 6.56. The predicted octanol–water partition coefficient (Wildman–Crippen LogP) is 6.32. The second-order valence-corrected chi connectivity index (χ2v) is 6.56. The molecule has 0 bridgehead atoms. The predicted molar refractivity (Wildman–Crippen MR) is 131 cm³/mol. The van der Waals surface area contributed by atoms with E-state index in [9.17, 15) is 0 Å². The molecule has 0 saturated carbocycles. The maximum absolute atomic E-state index is 3.25. The molecule has 0 radical (unpaired) electrons. The zero-order valence-corrected chi connectivity index (χ0v) is 24.6. The van der Waals surface area contributed by atoms with Crippen LogP contribution in [0.1, 0.15) is 64.2 Å². The van der Waals surface area contributed by atoms with E-state index in [1.54, 1.807) is 24.3 Å². The Morgan fingerprint density at radius 3 is 0.605 bits per heavy atom. The molecule has 0 aliphatic heterocycles. The summed E-state index contributed by atoms with van der Waals surface area (Å²) in [6.07, 6.45) is 12.0. The topological polar surface area (TPSA) is 0 Å². The van der Waals surface area contributed by atoms with Crippen LogP contribution in [0, 0.1) is 121 Å². The Morgan fingerprint density at radius 2 is 0.474 bits per heavy atom. The first kappa shape index (κ1) is 43.5. The molecule has 0 saturated heterocycles. The van der Waals surface area contributed by atoms with Crippen LogP contribution in [0.2, 0.25) is 0 Å². The van der Waals surface area contributed by atoms with Gasteiger partial charge in [0.05, 0.1) is 0 Å². The van der Waals surface area contributed by atoms with Crippen molar-refractivity contribution in [3.63, 3.8) is 0 Å². The van der Waals surface area contributed by atoms with E-state index in [0.29, 0.717) is 0 Å². The van der Waals surface area contributed by atoms with Crippen molar-refractivity contribution in [1.29, 1.82) is 0 Å². The molecule has 220 valence electrons. The van der Waals surface area contributed by atoms with E-state index >= 15 is 0 Å². The van der Waals surface area contributed by atoms with Crippen molar-refractivity contribution < 1.29 is 66.0 Å². The third-order valence-electron chi connectivity index (χ3n) is 3.86. The molecule has 4 aromatic rings.